The van der Waals surface area contributed by atoms with Gasteiger partial charge >= 0.3 is 0 Å². The Balaban J connectivity index is 2.34. The van der Waals surface area contributed by atoms with Gasteiger partial charge in [0.2, 0.25) is 0 Å². The first kappa shape index (κ1) is 15.1. The molecule has 98 valence electrons. The molecule has 1 rings (SSSR count). The normalized spacial score (nSPS) is 10.2. The van der Waals surface area contributed by atoms with Crippen LogP contribution in [0.25, 0.3) is 0 Å². The number of rotatable bonds is 6. The molecule has 0 saturated carbocycles. The Kier molecular flexibility index (Phi) is 7.64. The largest absolute Gasteiger partial charge is 0.395 e. The minimum absolute atomic E-state index is 0.136. The first-order valence-corrected chi connectivity index (χ1v) is 7.64. The van der Waals surface area contributed by atoms with Crippen molar-refractivity contribution >= 4 is 11.8 Å². The van der Waals surface area contributed by atoms with Gasteiger partial charge in [0.1, 0.15) is 0 Å². The van der Waals surface area contributed by atoms with E-state index in [0.29, 0.717) is 6.42 Å². The summed E-state index contributed by atoms with van der Waals surface area (Å²) in [5.41, 5.74) is 2.39. The molecule has 0 bridgehead atoms. The monoisotopic (exact) mass is 262 g/mol. The fourth-order valence-electron chi connectivity index (χ4n) is 1.41. The van der Waals surface area contributed by atoms with Gasteiger partial charge in [0.25, 0.3) is 0 Å². The molecule has 1 aromatic rings. The van der Waals surface area contributed by atoms with Crippen molar-refractivity contribution < 1.29 is 5.11 Å². The summed E-state index contributed by atoms with van der Waals surface area (Å²) in [6.07, 6.45) is 1.84. The average molecular weight is 262 g/mol. The van der Waals surface area contributed by atoms with Crippen molar-refractivity contribution in [3.63, 3.8) is 0 Å². The van der Waals surface area contributed by atoms with Crippen LogP contribution in [0.3, 0.4) is 0 Å². The van der Waals surface area contributed by atoms with Crippen molar-refractivity contribution in [2.45, 2.75) is 32.4 Å². The number of aliphatic hydroxyl groups excluding tert-OH is 1. The SMILES string of the molecule is CC(C)CCSCc1ccc(C#CCCO)cc1. The minimum atomic E-state index is 0.136. The molecule has 0 heterocycles. The lowest BCUT2D eigenvalue weighted by atomic mass is 10.1. The Morgan fingerprint density at radius 3 is 2.56 bits per heavy atom. The Hall–Kier alpha value is -0.910. The highest BCUT2D eigenvalue weighted by molar-refractivity contribution is 7.98. The van der Waals surface area contributed by atoms with E-state index in [-0.39, 0.29) is 6.61 Å². The molecule has 0 amide bonds. The standard InChI is InChI=1S/C16H22OS/c1-14(2)10-12-18-13-16-8-6-15(7-9-16)5-3-4-11-17/h6-9,14,17H,4,10-13H2,1-2H3. The van der Waals surface area contributed by atoms with E-state index in [2.05, 4.69) is 50.0 Å². The molecule has 0 spiro atoms. The topological polar surface area (TPSA) is 20.2 Å². The predicted octanol–water partition coefficient (Wildman–Crippen LogP) is 3.70. The van der Waals surface area contributed by atoms with Gasteiger partial charge < -0.3 is 5.11 Å². The van der Waals surface area contributed by atoms with Crippen LogP contribution in [-0.2, 0) is 5.75 Å². The molecule has 1 N–H and O–H groups in total. The van der Waals surface area contributed by atoms with Crippen molar-refractivity contribution in [1.82, 2.24) is 0 Å². The lowest BCUT2D eigenvalue weighted by Gasteiger charge is -2.04. The lowest BCUT2D eigenvalue weighted by molar-refractivity contribution is 0.305. The fourth-order valence-corrected chi connectivity index (χ4v) is 2.62. The van der Waals surface area contributed by atoms with Gasteiger partial charge in [-0.2, -0.15) is 11.8 Å². The smallest absolute Gasteiger partial charge is 0.0540 e. The van der Waals surface area contributed by atoms with Crippen LogP contribution >= 0.6 is 11.8 Å². The van der Waals surface area contributed by atoms with Gasteiger partial charge in [0.05, 0.1) is 6.61 Å². The van der Waals surface area contributed by atoms with Crippen LogP contribution in [-0.4, -0.2) is 17.5 Å². The van der Waals surface area contributed by atoms with E-state index in [1.807, 2.05) is 11.8 Å². The van der Waals surface area contributed by atoms with E-state index >= 15 is 0 Å². The molecular formula is C16H22OS. The zero-order chi connectivity index (χ0) is 13.2. The summed E-state index contributed by atoms with van der Waals surface area (Å²) in [6, 6.07) is 8.40. The second kappa shape index (κ2) is 9.08. The van der Waals surface area contributed by atoms with Crippen LogP contribution < -0.4 is 0 Å². The van der Waals surface area contributed by atoms with Crippen molar-refractivity contribution in [1.29, 1.82) is 0 Å². The molecule has 0 aliphatic heterocycles. The van der Waals surface area contributed by atoms with Crippen molar-refractivity contribution in [2.24, 2.45) is 5.92 Å². The molecule has 0 radical (unpaired) electrons. The Bertz CT molecular complexity index is 384. The van der Waals surface area contributed by atoms with Gasteiger partial charge in [-0.3, -0.25) is 0 Å². The predicted molar refractivity (Wildman–Crippen MR) is 80.6 cm³/mol. The van der Waals surface area contributed by atoms with Gasteiger partial charge in [-0.1, -0.05) is 37.8 Å². The summed E-state index contributed by atoms with van der Waals surface area (Å²) in [7, 11) is 0. The zero-order valence-corrected chi connectivity index (χ0v) is 12.1. The van der Waals surface area contributed by atoms with Gasteiger partial charge in [0.15, 0.2) is 0 Å². The second-order valence-corrected chi connectivity index (χ2v) is 5.81. The Labute approximate surface area is 115 Å². The van der Waals surface area contributed by atoms with E-state index < -0.39 is 0 Å². The molecule has 0 aliphatic carbocycles. The number of hydrogen-bond donors (Lipinski definition) is 1. The van der Waals surface area contributed by atoms with E-state index in [0.717, 1.165) is 17.2 Å². The summed E-state index contributed by atoms with van der Waals surface area (Å²) in [6.45, 7) is 4.67. The number of benzene rings is 1. The molecule has 2 heteroatoms. The third-order valence-corrected chi connectivity index (χ3v) is 3.59. The van der Waals surface area contributed by atoms with E-state index in [1.54, 1.807) is 0 Å². The van der Waals surface area contributed by atoms with Gasteiger partial charge in [-0.15, -0.1) is 0 Å². The highest BCUT2D eigenvalue weighted by Crippen LogP contribution is 2.15. The fraction of sp³-hybridized carbons (Fsp3) is 0.500. The van der Waals surface area contributed by atoms with E-state index in [4.69, 9.17) is 5.11 Å². The number of hydrogen-bond acceptors (Lipinski definition) is 2. The van der Waals surface area contributed by atoms with E-state index in [9.17, 15) is 0 Å². The molecule has 0 fully saturated rings. The molecular weight excluding hydrogens is 240 g/mol. The molecule has 0 unspecified atom stereocenters. The second-order valence-electron chi connectivity index (χ2n) is 4.71. The zero-order valence-electron chi connectivity index (χ0n) is 11.3. The molecule has 0 atom stereocenters. The van der Waals surface area contributed by atoms with Crippen LogP contribution in [0.1, 0.15) is 37.8 Å². The molecule has 0 aromatic heterocycles. The maximum absolute atomic E-state index is 8.64. The maximum Gasteiger partial charge on any atom is 0.0540 e. The molecule has 18 heavy (non-hydrogen) atoms. The Morgan fingerprint density at radius 2 is 1.94 bits per heavy atom. The van der Waals surface area contributed by atoms with Crippen LogP contribution in [0.15, 0.2) is 24.3 Å². The summed E-state index contributed by atoms with van der Waals surface area (Å²) in [5, 5.41) is 8.64. The lowest BCUT2D eigenvalue weighted by Crippen LogP contribution is -1.90. The number of thioether (sulfide) groups is 1. The quantitative estimate of drug-likeness (QED) is 0.623. The van der Waals surface area contributed by atoms with Crippen LogP contribution in [0.4, 0.5) is 0 Å². The molecule has 1 nitrogen and oxygen atoms in total. The molecule has 1 aromatic carbocycles. The molecule has 0 saturated heterocycles. The van der Waals surface area contributed by atoms with Gasteiger partial charge in [0, 0.05) is 17.7 Å². The summed E-state index contributed by atoms with van der Waals surface area (Å²) < 4.78 is 0. The maximum atomic E-state index is 8.64. The van der Waals surface area contributed by atoms with Crippen LogP contribution in [0, 0.1) is 17.8 Å². The first-order chi connectivity index (χ1) is 8.72. The summed E-state index contributed by atoms with van der Waals surface area (Å²) in [4.78, 5) is 0. The van der Waals surface area contributed by atoms with Crippen LogP contribution in [0.5, 0.6) is 0 Å². The van der Waals surface area contributed by atoms with Crippen molar-refractivity contribution in [3.05, 3.63) is 35.4 Å². The molecule has 0 aliphatic rings. The van der Waals surface area contributed by atoms with Gasteiger partial charge in [-0.05, 0) is 35.8 Å². The highest BCUT2D eigenvalue weighted by atomic mass is 32.2. The first-order valence-electron chi connectivity index (χ1n) is 6.49. The summed E-state index contributed by atoms with van der Waals surface area (Å²) >= 11 is 1.99. The minimum Gasteiger partial charge on any atom is -0.395 e. The highest BCUT2D eigenvalue weighted by Gasteiger charge is 1.96. The third kappa shape index (κ3) is 6.74. The average Bonchev–Trinajstić information content (AvgIpc) is 2.36. The van der Waals surface area contributed by atoms with E-state index in [1.165, 1.54) is 17.7 Å². The Morgan fingerprint density at radius 1 is 1.22 bits per heavy atom. The number of aliphatic hydroxyl groups is 1. The third-order valence-electron chi connectivity index (χ3n) is 2.53. The van der Waals surface area contributed by atoms with Crippen molar-refractivity contribution in [2.75, 3.05) is 12.4 Å². The van der Waals surface area contributed by atoms with Gasteiger partial charge in [-0.25, -0.2) is 0 Å². The summed E-state index contributed by atoms with van der Waals surface area (Å²) in [5.74, 6) is 9.07. The van der Waals surface area contributed by atoms with Crippen LogP contribution in [0.2, 0.25) is 0 Å². The van der Waals surface area contributed by atoms with Crippen molar-refractivity contribution in [3.8, 4) is 11.8 Å².